The molecule has 11 heavy (non-hydrogen) atoms. The fourth-order valence-corrected chi connectivity index (χ4v) is 1.88. The molecular formula is C8H11BrOSi. The minimum atomic E-state index is -0.939. The topological polar surface area (TPSA) is 9.23 Å². The van der Waals surface area contributed by atoms with Gasteiger partial charge in [0.2, 0.25) is 9.04 Å². The first-order valence-electron chi connectivity index (χ1n) is 3.60. The minimum Gasteiger partial charge on any atom is -0.547 e. The van der Waals surface area contributed by atoms with Gasteiger partial charge in [-0.3, -0.25) is 0 Å². The fourth-order valence-electron chi connectivity index (χ4n) is 0.812. The molecule has 0 unspecified atom stereocenters. The number of hydrogen-bond donors (Lipinski definition) is 0. The zero-order chi connectivity index (χ0) is 8.27. The first kappa shape index (κ1) is 8.81. The average molecular weight is 231 g/mol. The summed E-state index contributed by atoms with van der Waals surface area (Å²) in [5.74, 6) is 0.973. The lowest BCUT2D eigenvalue weighted by molar-refractivity contribution is 0.580. The number of benzene rings is 1. The molecule has 0 saturated heterocycles. The Morgan fingerprint density at radius 2 is 2.09 bits per heavy atom. The van der Waals surface area contributed by atoms with Gasteiger partial charge in [0.15, 0.2) is 0 Å². The smallest absolute Gasteiger partial charge is 0.229 e. The third-order valence-corrected chi connectivity index (χ3v) is 2.40. The number of rotatable bonds is 2. The molecule has 0 bridgehead atoms. The first-order chi connectivity index (χ1) is 5.18. The van der Waals surface area contributed by atoms with E-state index in [1.165, 1.54) is 0 Å². The van der Waals surface area contributed by atoms with Crippen LogP contribution in [0, 0.1) is 0 Å². The van der Waals surface area contributed by atoms with E-state index >= 15 is 0 Å². The summed E-state index contributed by atoms with van der Waals surface area (Å²) in [6.45, 7) is 4.31. The Balaban J connectivity index is 2.71. The average Bonchev–Trinajstić information content (AvgIpc) is 1.85. The van der Waals surface area contributed by atoms with Crippen molar-refractivity contribution in [3.63, 3.8) is 0 Å². The molecule has 0 radical (unpaired) electrons. The maximum Gasteiger partial charge on any atom is 0.229 e. The van der Waals surface area contributed by atoms with Crippen LogP contribution in [0.5, 0.6) is 5.75 Å². The molecule has 0 saturated carbocycles. The summed E-state index contributed by atoms with van der Waals surface area (Å²) >= 11 is 3.39. The molecule has 0 amide bonds. The molecule has 3 heteroatoms. The van der Waals surface area contributed by atoms with Crippen molar-refractivity contribution in [2.45, 2.75) is 13.1 Å². The molecule has 0 N–H and O–H groups in total. The highest BCUT2D eigenvalue weighted by atomic mass is 79.9. The van der Waals surface area contributed by atoms with Crippen LogP contribution in [0.25, 0.3) is 0 Å². The summed E-state index contributed by atoms with van der Waals surface area (Å²) in [5, 5.41) is 0. The highest BCUT2D eigenvalue weighted by molar-refractivity contribution is 9.10. The van der Waals surface area contributed by atoms with Crippen LogP contribution in [0.2, 0.25) is 13.1 Å². The van der Waals surface area contributed by atoms with Gasteiger partial charge in [0, 0.05) is 4.47 Å². The van der Waals surface area contributed by atoms with E-state index in [1.807, 2.05) is 24.3 Å². The van der Waals surface area contributed by atoms with Crippen molar-refractivity contribution in [3.8, 4) is 5.75 Å². The van der Waals surface area contributed by atoms with E-state index in [9.17, 15) is 0 Å². The van der Waals surface area contributed by atoms with Crippen LogP contribution in [-0.4, -0.2) is 9.04 Å². The third-order valence-electron chi connectivity index (χ3n) is 1.17. The van der Waals surface area contributed by atoms with E-state index in [4.69, 9.17) is 4.43 Å². The highest BCUT2D eigenvalue weighted by Gasteiger charge is 1.97. The largest absolute Gasteiger partial charge is 0.547 e. The van der Waals surface area contributed by atoms with Gasteiger partial charge >= 0.3 is 0 Å². The number of hydrogen-bond acceptors (Lipinski definition) is 1. The van der Waals surface area contributed by atoms with Gasteiger partial charge in [-0.15, -0.1) is 0 Å². The van der Waals surface area contributed by atoms with Gasteiger partial charge in [0.1, 0.15) is 5.75 Å². The van der Waals surface area contributed by atoms with Crippen LogP contribution in [0.15, 0.2) is 28.7 Å². The summed E-state index contributed by atoms with van der Waals surface area (Å²) in [6, 6.07) is 7.95. The van der Waals surface area contributed by atoms with E-state index in [0.717, 1.165) is 10.2 Å². The molecule has 0 spiro atoms. The van der Waals surface area contributed by atoms with Gasteiger partial charge in [-0.25, -0.2) is 0 Å². The Morgan fingerprint density at radius 1 is 1.36 bits per heavy atom. The summed E-state index contributed by atoms with van der Waals surface area (Å²) in [5.41, 5.74) is 0. The minimum absolute atomic E-state index is 0.939. The normalized spacial score (nSPS) is 10.2. The Kier molecular flexibility index (Phi) is 3.14. The van der Waals surface area contributed by atoms with Crippen LogP contribution in [-0.2, 0) is 0 Å². The molecule has 0 atom stereocenters. The van der Waals surface area contributed by atoms with Crippen LogP contribution in [0.3, 0.4) is 0 Å². The second-order valence-corrected chi connectivity index (χ2v) is 5.87. The van der Waals surface area contributed by atoms with Crippen molar-refractivity contribution in [2.24, 2.45) is 0 Å². The Hall–Kier alpha value is -0.283. The predicted molar refractivity (Wildman–Crippen MR) is 53.6 cm³/mol. The van der Waals surface area contributed by atoms with Crippen molar-refractivity contribution < 1.29 is 4.43 Å². The van der Waals surface area contributed by atoms with Crippen molar-refractivity contribution in [2.75, 3.05) is 0 Å². The lowest BCUT2D eigenvalue weighted by atomic mass is 10.3. The molecule has 0 aliphatic heterocycles. The molecule has 0 aliphatic carbocycles. The monoisotopic (exact) mass is 230 g/mol. The molecule has 60 valence electrons. The molecule has 0 aromatic heterocycles. The predicted octanol–water partition coefficient (Wildman–Crippen LogP) is 2.81. The zero-order valence-electron chi connectivity index (χ0n) is 6.67. The lowest BCUT2D eigenvalue weighted by Gasteiger charge is -2.08. The van der Waals surface area contributed by atoms with E-state index in [-0.39, 0.29) is 0 Å². The standard InChI is InChI=1S/C8H11BrOSi/c1-11(2)10-8-5-3-4-7(9)6-8/h3-6,11H,1-2H3. The Bertz CT molecular complexity index is 237. The molecule has 1 aromatic carbocycles. The van der Waals surface area contributed by atoms with Crippen LogP contribution >= 0.6 is 15.9 Å². The summed E-state index contributed by atoms with van der Waals surface area (Å²) in [7, 11) is -0.939. The molecule has 0 heterocycles. The summed E-state index contributed by atoms with van der Waals surface area (Å²) in [6.07, 6.45) is 0. The van der Waals surface area contributed by atoms with Gasteiger partial charge < -0.3 is 4.43 Å². The lowest BCUT2D eigenvalue weighted by Crippen LogP contribution is -2.10. The van der Waals surface area contributed by atoms with Gasteiger partial charge in [-0.2, -0.15) is 0 Å². The van der Waals surface area contributed by atoms with Crippen molar-refractivity contribution in [1.29, 1.82) is 0 Å². The van der Waals surface area contributed by atoms with Gasteiger partial charge in [0.25, 0.3) is 0 Å². The molecule has 1 rings (SSSR count). The molecule has 0 fully saturated rings. The van der Waals surface area contributed by atoms with Gasteiger partial charge in [-0.1, -0.05) is 22.0 Å². The summed E-state index contributed by atoms with van der Waals surface area (Å²) < 4.78 is 6.68. The summed E-state index contributed by atoms with van der Waals surface area (Å²) in [4.78, 5) is 0. The van der Waals surface area contributed by atoms with Crippen molar-refractivity contribution in [3.05, 3.63) is 28.7 Å². The van der Waals surface area contributed by atoms with Crippen LogP contribution in [0.1, 0.15) is 0 Å². The molecule has 1 nitrogen and oxygen atoms in total. The van der Waals surface area contributed by atoms with Crippen molar-refractivity contribution >= 4 is 25.0 Å². The fraction of sp³-hybridized carbons (Fsp3) is 0.250. The van der Waals surface area contributed by atoms with Crippen LogP contribution in [0.4, 0.5) is 0 Å². The molecular weight excluding hydrogens is 220 g/mol. The van der Waals surface area contributed by atoms with E-state index < -0.39 is 9.04 Å². The Labute approximate surface area is 77.2 Å². The second kappa shape index (κ2) is 3.92. The third kappa shape index (κ3) is 3.08. The second-order valence-electron chi connectivity index (χ2n) is 2.62. The van der Waals surface area contributed by atoms with Crippen LogP contribution < -0.4 is 4.43 Å². The first-order valence-corrected chi connectivity index (χ1v) is 7.18. The molecule has 0 aliphatic rings. The quantitative estimate of drug-likeness (QED) is 0.711. The van der Waals surface area contributed by atoms with Crippen molar-refractivity contribution in [1.82, 2.24) is 0 Å². The Morgan fingerprint density at radius 3 is 2.64 bits per heavy atom. The van der Waals surface area contributed by atoms with Gasteiger partial charge in [0.05, 0.1) is 0 Å². The van der Waals surface area contributed by atoms with Gasteiger partial charge in [-0.05, 0) is 31.3 Å². The maximum atomic E-state index is 5.60. The highest BCUT2D eigenvalue weighted by Crippen LogP contribution is 2.17. The van der Waals surface area contributed by atoms with E-state index in [1.54, 1.807) is 0 Å². The SMILES string of the molecule is C[SiH](C)Oc1cccc(Br)c1. The number of halogens is 1. The van der Waals surface area contributed by atoms with E-state index in [2.05, 4.69) is 29.0 Å². The maximum absolute atomic E-state index is 5.60. The zero-order valence-corrected chi connectivity index (χ0v) is 9.41. The van der Waals surface area contributed by atoms with E-state index in [0.29, 0.717) is 0 Å². The molecule has 1 aromatic rings.